The van der Waals surface area contributed by atoms with Gasteiger partial charge in [0.1, 0.15) is 5.82 Å². The first-order valence-electron chi connectivity index (χ1n) is 7.32. The smallest absolute Gasteiger partial charge is 0.127 e. The van der Waals surface area contributed by atoms with Crippen molar-refractivity contribution in [1.29, 1.82) is 0 Å². The minimum absolute atomic E-state index is 0.450. The number of aromatic nitrogens is 1. The molecule has 0 amide bonds. The molecule has 0 radical (unpaired) electrons. The Bertz CT molecular complexity index is 579. The molecular weight excluding hydrogens is 266 g/mol. The highest BCUT2D eigenvalue weighted by molar-refractivity contribution is 7.10. The first kappa shape index (κ1) is 13.4. The van der Waals surface area contributed by atoms with Gasteiger partial charge in [-0.3, -0.25) is 0 Å². The van der Waals surface area contributed by atoms with Crippen LogP contribution in [-0.2, 0) is 6.42 Å². The van der Waals surface area contributed by atoms with Crippen molar-refractivity contribution in [3.63, 3.8) is 0 Å². The molecule has 2 aromatic rings. The van der Waals surface area contributed by atoms with Crippen molar-refractivity contribution in [3.05, 3.63) is 40.2 Å². The summed E-state index contributed by atoms with van der Waals surface area (Å²) in [4.78, 5) is 8.42. The van der Waals surface area contributed by atoms with Crippen LogP contribution >= 0.6 is 11.3 Å². The third kappa shape index (κ3) is 2.52. The van der Waals surface area contributed by atoms with E-state index in [-0.39, 0.29) is 0 Å². The molecule has 0 fully saturated rings. The molecule has 0 aliphatic carbocycles. The zero-order chi connectivity index (χ0) is 13.9. The Hall–Kier alpha value is -1.55. The van der Waals surface area contributed by atoms with E-state index in [2.05, 4.69) is 52.6 Å². The van der Waals surface area contributed by atoms with E-state index in [1.165, 1.54) is 11.3 Å². The van der Waals surface area contributed by atoms with Gasteiger partial charge in [0.25, 0.3) is 0 Å². The van der Waals surface area contributed by atoms with Gasteiger partial charge in [0, 0.05) is 35.9 Å². The number of nitrogens with zero attached hydrogens (tertiary/aromatic N) is 2. The summed E-state index contributed by atoms with van der Waals surface area (Å²) in [6, 6.07) is 7.01. The van der Waals surface area contributed by atoms with Crippen LogP contribution in [0.5, 0.6) is 0 Å². The molecule has 0 aromatic carbocycles. The number of anilines is 2. The Morgan fingerprint density at radius 3 is 3.20 bits per heavy atom. The predicted molar refractivity (Wildman–Crippen MR) is 86.8 cm³/mol. The van der Waals surface area contributed by atoms with Gasteiger partial charge in [-0.1, -0.05) is 6.92 Å². The molecule has 1 N–H and O–H groups in total. The fourth-order valence-electron chi connectivity index (χ4n) is 2.81. The molecule has 0 saturated carbocycles. The highest BCUT2D eigenvalue weighted by Crippen LogP contribution is 2.36. The van der Waals surface area contributed by atoms with Gasteiger partial charge in [-0.25, -0.2) is 4.98 Å². The van der Waals surface area contributed by atoms with Gasteiger partial charge in [0.15, 0.2) is 0 Å². The molecule has 0 bridgehead atoms. The van der Waals surface area contributed by atoms with E-state index < -0.39 is 0 Å². The quantitative estimate of drug-likeness (QED) is 0.918. The highest BCUT2D eigenvalue weighted by Gasteiger charge is 2.24. The van der Waals surface area contributed by atoms with E-state index in [4.69, 9.17) is 0 Å². The van der Waals surface area contributed by atoms with E-state index in [1.54, 1.807) is 4.88 Å². The number of hydrogen-bond donors (Lipinski definition) is 1. The van der Waals surface area contributed by atoms with Crippen LogP contribution in [0.25, 0.3) is 0 Å². The van der Waals surface area contributed by atoms with Crippen molar-refractivity contribution in [2.24, 2.45) is 0 Å². The molecule has 0 spiro atoms. The molecule has 3 nitrogen and oxygen atoms in total. The average Bonchev–Trinajstić information content (AvgIpc) is 2.95. The average molecular weight is 287 g/mol. The summed E-state index contributed by atoms with van der Waals surface area (Å²) in [5.74, 6) is 0.979. The maximum atomic E-state index is 4.40. The van der Waals surface area contributed by atoms with Gasteiger partial charge in [-0.15, -0.1) is 11.3 Å². The number of fused-ring (bicyclic) bond motifs is 1. The van der Waals surface area contributed by atoms with Crippen molar-refractivity contribution in [1.82, 2.24) is 4.98 Å². The van der Waals surface area contributed by atoms with Gasteiger partial charge in [-0.2, -0.15) is 0 Å². The Morgan fingerprint density at radius 2 is 2.35 bits per heavy atom. The van der Waals surface area contributed by atoms with Crippen molar-refractivity contribution in [2.75, 3.05) is 23.3 Å². The lowest BCUT2D eigenvalue weighted by molar-refractivity contribution is 0.632. The summed E-state index contributed by atoms with van der Waals surface area (Å²) in [6.45, 7) is 6.53. The number of thiophene rings is 1. The molecule has 3 heterocycles. The second-order valence-corrected chi connectivity index (χ2v) is 6.25. The van der Waals surface area contributed by atoms with Gasteiger partial charge >= 0.3 is 0 Å². The van der Waals surface area contributed by atoms with Crippen LogP contribution in [-0.4, -0.2) is 18.1 Å². The normalized spacial score (nSPS) is 17.9. The molecule has 1 unspecified atom stereocenters. The van der Waals surface area contributed by atoms with Crippen LogP contribution < -0.4 is 10.2 Å². The molecule has 1 aliphatic rings. The molecule has 20 heavy (non-hydrogen) atoms. The van der Waals surface area contributed by atoms with Crippen molar-refractivity contribution >= 4 is 22.8 Å². The van der Waals surface area contributed by atoms with Crippen LogP contribution in [0.2, 0.25) is 0 Å². The van der Waals surface area contributed by atoms with Crippen molar-refractivity contribution < 1.29 is 0 Å². The Labute approximate surface area is 124 Å². The second-order valence-electron chi connectivity index (χ2n) is 5.24. The minimum Gasteiger partial charge on any atom is -0.370 e. The monoisotopic (exact) mass is 287 g/mol. The number of nitrogens with one attached hydrogen (secondary N) is 1. The predicted octanol–water partition coefficient (Wildman–Crippen LogP) is 4.09. The molecule has 3 rings (SSSR count). The van der Waals surface area contributed by atoms with E-state index in [1.807, 2.05) is 17.5 Å². The number of hydrogen-bond acceptors (Lipinski definition) is 4. The standard InChI is InChI=1S/C16H21N3S/c1-3-7-17-16-11-13(4-8-18-16)19-9-5-15-14(12(19)2)6-10-20-15/h4,6,8,10-12H,3,5,7,9H2,1-2H3,(H,17,18). The number of pyridine rings is 1. The van der Waals surface area contributed by atoms with E-state index in [9.17, 15) is 0 Å². The fraction of sp³-hybridized carbons (Fsp3) is 0.438. The van der Waals surface area contributed by atoms with Gasteiger partial charge in [0.2, 0.25) is 0 Å². The Kier molecular flexibility index (Phi) is 3.92. The summed E-state index contributed by atoms with van der Waals surface area (Å²) in [7, 11) is 0. The van der Waals surface area contributed by atoms with Crippen molar-refractivity contribution in [2.45, 2.75) is 32.7 Å². The van der Waals surface area contributed by atoms with Crippen LogP contribution in [0.3, 0.4) is 0 Å². The summed E-state index contributed by atoms with van der Waals surface area (Å²) in [6.07, 6.45) is 4.17. The Balaban J connectivity index is 1.83. The highest BCUT2D eigenvalue weighted by atomic mass is 32.1. The summed E-state index contributed by atoms with van der Waals surface area (Å²) >= 11 is 1.89. The molecule has 4 heteroatoms. The minimum atomic E-state index is 0.450. The zero-order valence-corrected chi connectivity index (χ0v) is 12.9. The van der Waals surface area contributed by atoms with Crippen LogP contribution in [0.15, 0.2) is 29.8 Å². The first-order valence-corrected chi connectivity index (χ1v) is 8.20. The van der Waals surface area contributed by atoms with Crippen LogP contribution in [0, 0.1) is 0 Å². The van der Waals surface area contributed by atoms with Crippen LogP contribution in [0.1, 0.15) is 36.8 Å². The van der Waals surface area contributed by atoms with Gasteiger partial charge in [-0.05, 0) is 42.8 Å². The third-order valence-corrected chi connectivity index (χ3v) is 4.91. The first-order chi connectivity index (χ1) is 9.79. The Morgan fingerprint density at radius 1 is 1.45 bits per heavy atom. The molecule has 1 atom stereocenters. The summed E-state index contributed by atoms with van der Waals surface area (Å²) < 4.78 is 0. The largest absolute Gasteiger partial charge is 0.370 e. The maximum Gasteiger partial charge on any atom is 0.127 e. The number of rotatable bonds is 4. The summed E-state index contributed by atoms with van der Waals surface area (Å²) in [5.41, 5.74) is 2.75. The third-order valence-electron chi connectivity index (χ3n) is 3.91. The molecule has 106 valence electrons. The van der Waals surface area contributed by atoms with Gasteiger partial charge in [0.05, 0.1) is 6.04 Å². The SMILES string of the molecule is CCCNc1cc(N2CCc3sccc3C2C)ccn1. The lowest BCUT2D eigenvalue weighted by atomic mass is 10.0. The summed E-state index contributed by atoms with van der Waals surface area (Å²) in [5, 5.41) is 5.58. The maximum absolute atomic E-state index is 4.40. The molecule has 0 saturated heterocycles. The second kappa shape index (κ2) is 5.83. The molecule has 2 aromatic heterocycles. The van der Waals surface area contributed by atoms with Gasteiger partial charge < -0.3 is 10.2 Å². The fourth-order valence-corrected chi connectivity index (χ4v) is 3.77. The zero-order valence-electron chi connectivity index (χ0n) is 12.1. The van der Waals surface area contributed by atoms with E-state index >= 15 is 0 Å². The van der Waals surface area contributed by atoms with Crippen molar-refractivity contribution in [3.8, 4) is 0 Å². The van der Waals surface area contributed by atoms with E-state index in [0.717, 1.165) is 31.7 Å². The molecule has 1 aliphatic heterocycles. The van der Waals surface area contributed by atoms with Crippen LogP contribution in [0.4, 0.5) is 11.5 Å². The topological polar surface area (TPSA) is 28.2 Å². The lowest BCUT2D eigenvalue weighted by Gasteiger charge is -2.35. The lowest BCUT2D eigenvalue weighted by Crippen LogP contribution is -2.33. The molecular formula is C16H21N3S. The van der Waals surface area contributed by atoms with E-state index in [0.29, 0.717) is 6.04 Å².